The third-order valence-corrected chi connectivity index (χ3v) is 4.01. The fourth-order valence-electron chi connectivity index (χ4n) is 1.96. The standard InChI is InChI=1S/C15H18BF2NO3/c1-9(17)13(20)19-10-6-7-11(12(18)8-10)16-21-14(2,3)15(4,5)22-16/h6-8H,1H2,2-5H3,(H,19,20). The lowest BCUT2D eigenvalue weighted by molar-refractivity contribution is -0.114. The van der Waals surface area contributed by atoms with Gasteiger partial charge in [0.25, 0.3) is 5.91 Å². The molecule has 0 aromatic heterocycles. The van der Waals surface area contributed by atoms with Gasteiger partial charge in [-0.05, 0) is 39.8 Å². The molecule has 1 heterocycles. The van der Waals surface area contributed by atoms with Crippen molar-refractivity contribution < 1.29 is 22.9 Å². The van der Waals surface area contributed by atoms with Crippen molar-refractivity contribution in [2.24, 2.45) is 0 Å². The lowest BCUT2D eigenvalue weighted by Gasteiger charge is -2.32. The van der Waals surface area contributed by atoms with Gasteiger partial charge in [0.15, 0.2) is 5.83 Å². The highest BCUT2D eigenvalue weighted by Crippen LogP contribution is 2.36. The number of amides is 1. The van der Waals surface area contributed by atoms with Crippen molar-refractivity contribution in [2.45, 2.75) is 38.9 Å². The molecule has 4 nitrogen and oxygen atoms in total. The molecule has 118 valence electrons. The Morgan fingerprint density at radius 1 is 1.23 bits per heavy atom. The van der Waals surface area contributed by atoms with Gasteiger partial charge in [0.1, 0.15) is 5.82 Å². The zero-order valence-corrected chi connectivity index (χ0v) is 13.0. The van der Waals surface area contributed by atoms with Gasteiger partial charge in [-0.3, -0.25) is 4.79 Å². The summed E-state index contributed by atoms with van der Waals surface area (Å²) in [7, 11) is -0.842. The van der Waals surface area contributed by atoms with Crippen LogP contribution in [0.25, 0.3) is 0 Å². The Morgan fingerprint density at radius 3 is 2.23 bits per heavy atom. The summed E-state index contributed by atoms with van der Waals surface area (Å²) in [6.07, 6.45) is 0. The first-order valence-corrected chi connectivity index (χ1v) is 6.84. The monoisotopic (exact) mass is 309 g/mol. The number of carbonyl (C=O) groups excluding carboxylic acids is 1. The average molecular weight is 309 g/mol. The van der Waals surface area contributed by atoms with Gasteiger partial charge in [0, 0.05) is 11.2 Å². The Hall–Kier alpha value is -1.73. The van der Waals surface area contributed by atoms with Crippen molar-refractivity contribution in [3.63, 3.8) is 0 Å². The van der Waals surface area contributed by atoms with E-state index in [0.29, 0.717) is 0 Å². The predicted octanol–water partition coefficient (Wildman–Crippen LogP) is 2.55. The minimum absolute atomic E-state index is 0.126. The third kappa shape index (κ3) is 3.05. The Bertz CT molecular complexity index is 615. The molecule has 0 radical (unpaired) electrons. The predicted molar refractivity (Wildman–Crippen MR) is 81.0 cm³/mol. The summed E-state index contributed by atoms with van der Waals surface area (Å²) in [6.45, 7) is 10.3. The Morgan fingerprint density at radius 2 is 1.77 bits per heavy atom. The fraction of sp³-hybridized carbons (Fsp3) is 0.400. The Labute approximate surface area is 128 Å². The van der Waals surface area contributed by atoms with Crippen LogP contribution in [0.1, 0.15) is 27.7 Å². The molecule has 0 aliphatic carbocycles. The fourth-order valence-corrected chi connectivity index (χ4v) is 1.96. The van der Waals surface area contributed by atoms with Crippen LogP contribution in [0.2, 0.25) is 0 Å². The second kappa shape index (κ2) is 5.48. The van der Waals surface area contributed by atoms with Crippen LogP contribution in [0.4, 0.5) is 14.5 Å². The van der Waals surface area contributed by atoms with Gasteiger partial charge in [-0.1, -0.05) is 12.6 Å². The molecule has 1 aromatic rings. The largest absolute Gasteiger partial charge is 0.497 e. The second-order valence-electron chi connectivity index (χ2n) is 6.18. The van der Waals surface area contributed by atoms with Gasteiger partial charge >= 0.3 is 7.12 Å². The summed E-state index contributed by atoms with van der Waals surface area (Å²) in [4.78, 5) is 11.2. The molecule has 22 heavy (non-hydrogen) atoms. The smallest absolute Gasteiger partial charge is 0.399 e. The summed E-state index contributed by atoms with van der Waals surface area (Å²) in [5.41, 5.74) is -0.816. The first kappa shape index (κ1) is 16.6. The van der Waals surface area contributed by atoms with E-state index in [-0.39, 0.29) is 11.2 Å². The number of benzene rings is 1. The number of hydrogen-bond donors (Lipinski definition) is 1. The van der Waals surface area contributed by atoms with Gasteiger partial charge in [-0.2, -0.15) is 0 Å². The highest BCUT2D eigenvalue weighted by molar-refractivity contribution is 6.62. The van der Waals surface area contributed by atoms with Crippen LogP contribution >= 0.6 is 0 Å². The van der Waals surface area contributed by atoms with E-state index in [4.69, 9.17) is 9.31 Å². The second-order valence-corrected chi connectivity index (χ2v) is 6.18. The molecule has 1 aliphatic heterocycles. The number of rotatable bonds is 3. The molecule has 2 rings (SSSR count). The number of nitrogens with one attached hydrogen (secondary N) is 1. The van der Waals surface area contributed by atoms with Gasteiger partial charge in [-0.25, -0.2) is 8.78 Å². The molecule has 1 saturated heterocycles. The molecule has 0 saturated carbocycles. The lowest BCUT2D eigenvalue weighted by Crippen LogP contribution is -2.41. The van der Waals surface area contributed by atoms with E-state index in [1.807, 2.05) is 27.7 Å². The molecule has 0 bridgehead atoms. The van der Waals surface area contributed by atoms with E-state index >= 15 is 0 Å². The van der Waals surface area contributed by atoms with Crippen molar-refractivity contribution >= 4 is 24.2 Å². The molecule has 1 N–H and O–H groups in total. The maximum absolute atomic E-state index is 14.2. The Kier molecular flexibility index (Phi) is 4.15. The van der Waals surface area contributed by atoms with E-state index < -0.39 is 35.9 Å². The molecule has 1 amide bonds. The van der Waals surface area contributed by atoms with E-state index in [1.165, 1.54) is 12.1 Å². The molecule has 1 aromatic carbocycles. The maximum Gasteiger partial charge on any atom is 0.497 e. The van der Waals surface area contributed by atoms with Crippen LogP contribution in [0, 0.1) is 5.82 Å². The van der Waals surface area contributed by atoms with Crippen LogP contribution in [0.5, 0.6) is 0 Å². The van der Waals surface area contributed by atoms with Crippen molar-refractivity contribution in [1.29, 1.82) is 0 Å². The topological polar surface area (TPSA) is 47.6 Å². The molecule has 1 fully saturated rings. The van der Waals surface area contributed by atoms with Gasteiger partial charge < -0.3 is 14.6 Å². The molecule has 0 atom stereocenters. The van der Waals surface area contributed by atoms with Crippen LogP contribution in [0.15, 0.2) is 30.6 Å². The number of carbonyl (C=O) groups is 1. The molecule has 0 spiro atoms. The third-order valence-electron chi connectivity index (χ3n) is 4.01. The summed E-state index contributed by atoms with van der Waals surface area (Å²) < 4.78 is 38.4. The van der Waals surface area contributed by atoms with Crippen molar-refractivity contribution in [3.05, 3.63) is 36.4 Å². The SMILES string of the molecule is C=C(F)C(=O)Nc1ccc(B2OC(C)(C)C(C)(C)O2)c(F)c1. The van der Waals surface area contributed by atoms with Crippen LogP contribution < -0.4 is 10.8 Å². The first-order chi connectivity index (χ1) is 10.0. The van der Waals surface area contributed by atoms with E-state index in [0.717, 1.165) is 6.07 Å². The number of hydrogen-bond acceptors (Lipinski definition) is 3. The minimum Gasteiger partial charge on any atom is -0.399 e. The normalized spacial score (nSPS) is 19.1. The van der Waals surface area contributed by atoms with Gasteiger partial charge in [0.05, 0.1) is 11.2 Å². The zero-order chi connectivity index (χ0) is 16.7. The molecule has 1 aliphatic rings. The van der Waals surface area contributed by atoms with Gasteiger partial charge in [-0.15, -0.1) is 0 Å². The molecular formula is C15H18BF2NO3. The number of anilines is 1. The van der Waals surface area contributed by atoms with Crippen molar-refractivity contribution in [3.8, 4) is 0 Å². The van der Waals surface area contributed by atoms with E-state index in [2.05, 4.69) is 11.9 Å². The van der Waals surface area contributed by atoms with Crippen LogP contribution in [-0.2, 0) is 14.1 Å². The highest BCUT2D eigenvalue weighted by atomic mass is 19.1. The summed E-state index contributed by atoms with van der Waals surface area (Å²) in [6, 6.07) is 3.97. The number of halogens is 2. The highest BCUT2D eigenvalue weighted by Gasteiger charge is 2.52. The zero-order valence-electron chi connectivity index (χ0n) is 13.0. The molecule has 0 unspecified atom stereocenters. The van der Waals surface area contributed by atoms with Gasteiger partial charge in [0.2, 0.25) is 0 Å². The van der Waals surface area contributed by atoms with Crippen LogP contribution in [-0.4, -0.2) is 24.2 Å². The van der Waals surface area contributed by atoms with E-state index in [1.54, 1.807) is 0 Å². The van der Waals surface area contributed by atoms with Crippen molar-refractivity contribution in [2.75, 3.05) is 5.32 Å². The summed E-state index contributed by atoms with van der Waals surface area (Å²) in [5, 5.41) is 2.20. The minimum atomic E-state index is -1.14. The maximum atomic E-state index is 14.2. The van der Waals surface area contributed by atoms with Crippen molar-refractivity contribution in [1.82, 2.24) is 0 Å². The quantitative estimate of drug-likeness (QED) is 0.689. The van der Waals surface area contributed by atoms with Crippen LogP contribution in [0.3, 0.4) is 0 Å². The molecular weight excluding hydrogens is 291 g/mol. The average Bonchev–Trinajstić information content (AvgIpc) is 2.58. The summed E-state index contributed by atoms with van der Waals surface area (Å²) in [5.74, 6) is -2.76. The lowest BCUT2D eigenvalue weighted by atomic mass is 9.78. The first-order valence-electron chi connectivity index (χ1n) is 6.84. The molecule has 7 heteroatoms. The Balaban J connectivity index is 2.21. The summed E-state index contributed by atoms with van der Waals surface area (Å²) >= 11 is 0. The van der Waals surface area contributed by atoms with E-state index in [9.17, 15) is 13.6 Å².